The maximum Gasteiger partial charge on any atom is 0.125 e. The molecule has 1 saturated heterocycles. The molecule has 19 heavy (non-hydrogen) atoms. The number of phenolic OH excluding ortho intramolecular Hbond substituents is 1. The van der Waals surface area contributed by atoms with Gasteiger partial charge in [-0.3, -0.25) is 0 Å². The third-order valence-electron chi connectivity index (χ3n) is 3.94. The minimum absolute atomic E-state index is 0.395. The molecule has 1 aromatic rings. The molecule has 2 rings (SSSR count). The number of aryl methyl sites for hydroxylation is 1. The van der Waals surface area contributed by atoms with Crippen molar-refractivity contribution in [2.45, 2.75) is 20.3 Å². The quantitative estimate of drug-likeness (QED) is 0.864. The number of phenols is 1. The van der Waals surface area contributed by atoms with Crippen molar-refractivity contribution < 1.29 is 9.84 Å². The minimum atomic E-state index is 0.395. The van der Waals surface area contributed by atoms with Gasteiger partial charge in [-0.2, -0.15) is 0 Å². The fourth-order valence-corrected chi connectivity index (χ4v) is 2.65. The van der Waals surface area contributed by atoms with Crippen molar-refractivity contribution >= 4 is 0 Å². The average Bonchev–Trinajstić information content (AvgIpc) is 2.44. The first-order valence-corrected chi connectivity index (χ1v) is 6.92. The van der Waals surface area contributed by atoms with Crippen LogP contribution in [0, 0.1) is 13.8 Å². The lowest BCUT2D eigenvalue weighted by molar-refractivity contribution is 0.243. The van der Waals surface area contributed by atoms with E-state index in [1.54, 1.807) is 7.11 Å². The number of piperazine rings is 1. The Labute approximate surface area is 115 Å². The van der Waals surface area contributed by atoms with E-state index >= 15 is 0 Å². The fourth-order valence-electron chi connectivity index (χ4n) is 2.65. The number of aromatic hydroxyl groups is 1. The van der Waals surface area contributed by atoms with E-state index in [4.69, 9.17) is 4.74 Å². The predicted molar refractivity (Wildman–Crippen MR) is 77.1 cm³/mol. The Bertz CT molecular complexity index is 440. The molecule has 1 fully saturated rings. The van der Waals surface area contributed by atoms with Crippen molar-refractivity contribution in [1.29, 1.82) is 0 Å². The zero-order valence-corrected chi connectivity index (χ0v) is 12.1. The Morgan fingerprint density at radius 1 is 1.32 bits per heavy atom. The van der Waals surface area contributed by atoms with Crippen molar-refractivity contribution in [2.75, 3.05) is 39.8 Å². The van der Waals surface area contributed by atoms with Crippen LogP contribution in [-0.4, -0.2) is 49.8 Å². The highest BCUT2D eigenvalue weighted by atomic mass is 16.5. The average molecular weight is 264 g/mol. The first-order chi connectivity index (χ1) is 9.13. The number of hydrogen-bond acceptors (Lipinski definition) is 4. The third kappa shape index (κ3) is 3.19. The maximum atomic E-state index is 10.3. The molecule has 0 radical (unpaired) electrons. The van der Waals surface area contributed by atoms with E-state index in [1.165, 1.54) is 0 Å². The molecule has 2 N–H and O–H groups in total. The molecular formula is C15H24N2O2. The van der Waals surface area contributed by atoms with Gasteiger partial charge in [-0.1, -0.05) is 0 Å². The molecule has 0 spiro atoms. The van der Waals surface area contributed by atoms with Crippen molar-refractivity contribution in [1.82, 2.24) is 10.2 Å². The van der Waals surface area contributed by atoms with Gasteiger partial charge < -0.3 is 20.1 Å². The smallest absolute Gasteiger partial charge is 0.125 e. The number of benzene rings is 1. The second-order valence-electron chi connectivity index (χ2n) is 5.19. The molecule has 1 heterocycles. The molecule has 0 bridgehead atoms. The Morgan fingerprint density at radius 2 is 2.00 bits per heavy atom. The van der Waals surface area contributed by atoms with Gasteiger partial charge in [0.25, 0.3) is 0 Å². The van der Waals surface area contributed by atoms with Crippen LogP contribution in [0.5, 0.6) is 11.5 Å². The minimum Gasteiger partial charge on any atom is -0.507 e. The number of hydrogen-bond donors (Lipinski definition) is 2. The van der Waals surface area contributed by atoms with Crippen LogP contribution in [0.2, 0.25) is 0 Å². The van der Waals surface area contributed by atoms with Gasteiger partial charge in [0.1, 0.15) is 11.5 Å². The van der Waals surface area contributed by atoms with E-state index in [2.05, 4.69) is 10.2 Å². The number of ether oxygens (including phenoxy) is 1. The van der Waals surface area contributed by atoms with Crippen LogP contribution in [0.4, 0.5) is 0 Å². The summed E-state index contributed by atoms with van der Waals surface area (Å²) in [5.41, 5.74) is 3.00. The zero-order chi connectivity index (χ0) is 13.8. The van der Waals surface area contributed by atoms with Crippen molar-refractivity contribution in [2.24, 2.45) is 0 Å². The molecule has 4 heteroatoms. The normalized spacial score (nSPS) is 16.6. The van der Waals surface area contributed by atoms with Crippen LogP contribution in [0.25, 0.3) is 0 Å². The van der Waals surface area contributed by atoms with Gasteiger partial charge in [-0.15, -0.1) is 0 Å². The lowest BCUT2D eigenvalue weighted by Crippen LogP contribution is -2.44. The summed E-state index contributed by atoms with van der Waals surface area (Å²) < 4.78 is 5.28. The van der Waals surface area contributed by atoms with E-state index < -0.39 is 0 Å². The summed E-state index contributed by atoms with van der Waals surface area (Å²) >= 11 is 0. The van der Waals surface area contributed by atoms with Crippen LogP contribution in [0.15, 0.2) is 6.07 Å². The number of methoxy groups -OCH3 is 1. The molecule has 106 valence electrons. The lowest BCUT2D eigenvalue weighted by atomic mass is 9.99. The van der Waals surface area contributed by atoms with E-state index in [0.29, 0.717) is 5.75 Å². The van der Waals surface area contributed by atoms with Crippen molar-refractivity contribution in [3.05, 3.63) is 22.8 Å². The Balaban J connectivity index is 2.09. The summed E-state index contributed by atoms with van der Waals surface area (Å²) in [5.74, 6) is 1.16. The molecule has 1 aliphatic rings. The lowest BCUT2D eigenvalue weighted by Gasteiger charge is -2.27. The van der Waals surface area contributed by atoms with Gasteiger partial charge in [0.05, 0.1) is 7.11 Å². The molecule has 0 saturated carbocycles. The molecule has 4 nitrogen and oxygen atoms in total. The molecule has 0 amide bonds. The molecular weight excluding hydrogens is 240 g/mol. The van der Waals surface area contributed by atoms with Crippen LogP contribution < -0.4 is 10.1 Å². The Morgan fingerprint density at radius 3 is 2.63 bits per heavy atom. The summed E-state index contributed by atoms with van der Waals surface area (Å²) in [6.45, 7) is 9.25. The maximum absolute atomic E-state index is 10.3. The van der Waals surface area contributed by atoms with Crippen LogP contribution >= 0.6 is 0 Å². The van der Waals surface area contributed by atoms with E-state index in [-0.39, 0.29) is 0 Å². The van der Waals surface area contributed by atoms with Gasteiger partial charge >= 0.3 is 0 Å². The topological polar surface area (TPSA) is 44.7 Å². The third-order valence-corrected chi connectivity index (χ3v) is 3.94. The second-order valence-corrected chi connectivity index (χ2v) is 5.19. The van der Waals surface area contributed by atoms with E-state index in [1.807, 2.05) is 19.9 Å². The number of nitrogens with one attached hydrogen (secondary N) is 1. The molecule has 0 unspecified atom stereocenters. The highest BCUT2D eigenvalue weighted by molar-refractivity contribution is 5.52. The highest BCUT2D eigenvalue weighted by Crippen LogP contribution is 2.33. The molecule has 0 aromatic heterocycles. The van der Waals surface area contributed by atoms with Gasteiger partial charge in [0.2, 0.25) is 0 Å². The van der Waals surface area contributed by atoms with Gasteiger partial charge in [0, 0.05) is 38.3 Å². The number of rotatable bonds is 4. The summed E-state index contributed by atoms with van der Waals surface area (Å²) in [5, 5.41) is 13.7. The Kier molecular flexibility index (Phi) is 4.66. The standard InChI is InChI=1S/C15H24N2O2/c1-11-10-14(19-3)12(2)15(18)13(11)4-7-17-8-5-16-6-9-17/h10,16,18H,4-9H2,1-3H3. The molecule has 1 aliphatic heterocycles. The van der Waals surface area contributed by atoms with Crippen LogP contribution in [0.3, 0.4) is 0 Å². The van der Waals surface area contributed by atoms with Crippen molar-refractivity contribution in [3.8, 4) is 11.5 Å². The van der Waals surface area contributed by atoms with E-state index in [0.717, 1.165) is 61.6 Å². The molecule has 1 aromatic carbocycles. The first kappa shape index (κ1) is 14.2. The predicted octanol–water partition coefficient (Wildman–Crippen LogP) is 1.47. The van der Waals surface area contributed by atoms with E-state index in [9.17, 15) is 5.11 Å². The highest BCUT2D eigenvalue weighted by Gasteiger charge is 2.15. The summed E-state index contributed by atoms with van der Waals surface area (Å²) in [6.07, 6.45) is 0.891. The number of nitrogens with zero attached hydrogens (tertiary/aromatic N) is 1. The summed E-state index contributed by atoms with van der Waals surface area (Å²) in [6, 6.07) is 2.02. The fraction of sp³-hybridized carbons (Fsp3) is 0.600. The molecule has 0 aliphatic carbocycles. The van der Waals surface area contributed by atoms with Crippen LogP contribution in [-0.2, 0) is 6.42 Å². The first-order valence-electron chi connectivity index (χ1n) is 6.92. The van der Waals surface area contributed by atoms with Crippen LogP contribution in [0.1, 0.15) is 16.7 Å². The van der Waals surface area contributed by atoms with Gasteiger partial charge in [0.15, 0.2) is 0 Å². The largest absolute Gasteiger partial charge is 0.507 e. The van der Waals surface area contributed by atoms with Crippen molar-refractivity contribution in [3.63, 3.8) is 0 Å². The second kappa shape index (κ2) is 6.26. The summed E-state index contributed by atoms with van der Waals surface area (Å²) in [7, 11) is 1.64. The molecule has 0 atom stereocenters. The zero-order valence-electron chi connectivity index (χ0n) is 12.1. The summed E-state index contributed by atoms with van der Waals surface area (Å²) in [4.78, 5) is 2.44. The van der Waals surface area contributed by atoms with Gasteiger partial charge in [-0.25, -0.2) is 0 Å². The SMILES string of the molecule is COc1cc(C)c(CCN2CCNCC2)c(O)c1C. The Hall–Kier alpha value is -1.26. The monoisotopic (exact) mass is 264 g/mol. The van der Waals surface area contributed by atoms with Gasteiger partial charge in [-0.05, 0) is 37.5 Å².